The Kier molecular flexibility index (Phi) is 52.8. The molecule has 1 atom stereocenters. The van der Waals surface area contributed by atoms with Crippen molar-refractivity contribution in [3.05, 3.63) is 36.5 Å². The summed E-state index contributed by atoms with van der Waals surface area (Å²) < 4.78 is 10.7. The summed E-state index contributed by atoms with van der Waals surface area (Å²) in [6, 6.07) is 0. The summed E-state index contributed by atoms with van der Waals surface area (Å²) in [4.78, 5) is 24.5. The van der Waals surface area contributed by atoms with Gasteiger partial charge in [-0.25, -0.2) is 0 Å². The van der Waals surface area contributed by atoms with E-state index in [1.54, 1.807) is 0 Å². The molecule has 370 valence electrons. The summed E-state index contributed by atoms with van der Waals surface area (Å²) in [7, 11) is 0. The molecule has 1 unspecified atom stereocenters. The molecule has 5 nitrogen and oxygen atoms in total. The van der Waals surface area contributed by atoms with Gasteiger partial charge in [-0.1, -0.05) is 275 Å². The summed E-state index contributed by atoms with van der Waals surface area (Å²) in [6.07, 6.45) is 69.7. The molecule has 0 saturated heterocycles. The number of hydrogen-bond donors (Lipinski definition) is 1. The highest BCUT2D eigenvalue weighted by Gasteiger charge is 2.16. The van der Waals surface area contributed by atoms with Gasteiger partial charge in [-0.2, -0.15) is 0 Å². The number of esters is 2. The zero-order valence-corrected chi connectivity index (χ0v) is 42.4. The fourth-order valence-electron chi connectivity index (χ4n) is 8.45. The second-order valence-corrected chi connectivity index (χ2v) is 19.0. The number of hydrogen-bond acceptors (Lipinski definition) is 5. The Hall–Kier alpha value is -1.88. The van der Waals surface area contributed by atoms with Crippen LogP contribution in [0.5, 0.6) is 0 Å². The average molecular weight is 885 g/mol. The van der Waals surface area contributed by atoms with Gasteiger partial charge in [0.1, 0.15) is 6.61 Å². The third-order valence-corrected chi connectivity index (χ3v) is 12.7. The van der Waals surface area contributed by atoms with Crippen LogP contribution in [0.25, 0.3) is 0 Å². The van der Waals surface area contributed by atoms with Gasteiger partial charge in [-0.15, -0.1) is 0 Å². The van der Waals surface area contributed by atoms with Gasteiger partial charge in [0.2, 0.25) is 0 Å². The van der Waals surface area contributed by atoms with Crippen molar-refractivity contribution >= 4 is 11.9 Å². The third-order valence-electron chi connectivity index (χ3n) is 12.7. The maximum atomic E-state index is 12.3. The van der Waals surface area contributed by atoms with Gasteiger partial charge in [-0.05, 0) is 51.4 Å². The van der Waals surface area contributed by atoms with Crippen LogP contribution in [0.1, 0.15) is 303 Å². The van der Waals surface area contributed by atoms with E-state index in [1.807, 2.05) is 0 Å². The highest BCUT2D eigenvalue weighted by Crippen LogP contribution is 2.17. The van der Waals surface area contributed by atoms with Crippen molar-refractivity contribution in [2.24, 2.45) is 0 Å². The van der Waals surface area contributed by atoms with Crippen LogP contribution < -0.4 is 0 Å². The van der Waals surface area contributed by atoms with Crippen LogP contribution in [0.15, 0.2) is 36.5 Å². The number of unbranched alkanes of at least 4 members (excludes halogenated alkanes) is 38. The zero-order chi connectivity index (χ0) is 45.6. The molecule has 0 amide bonds. The molecule has 0 bridgehead atoms. The van der Waals surface area contributed by atoms with Crippen LogP contribution in [0.3, 0.4) is 0 Å². The first-order valence-corrected chi connectivity index (χ1v) is 28.0. The van der Waals surface area contributed by atoms with E-state index in [0.717, 1.165) is 44.9 Å². The SMILES string of the molecule is CCCCCCC/C=C\C/C=C\C/C=C\CCCCCCCCCCCCCCC(=O)OC(CO)COC(=O)CCCCCCCCCCCCCCCCCCCCCCCC. The number of rotatable bonds is 52. The van der Waals surface area contributed by atoms with Gasteiger partial charge in [-0.3, -0.25) is 9.59 Å². The molecule has 1 N–H and O–H groups in total. The molecule has 0 aliphatic heterocycles. The van der Waals surface area contributed by atoms with Crippen LogP contribution in [0.2, 0.25) is 0 Å². The molecular formula is C58H108O5. The lowest BCUT2D eigenvalue weighted by Crippen LogP contribution is -2.28. The van der Waals surface area contributed by atoms with E-state index in [-0.39, 0.29) is 25.2 Å². The lowest BCUT2D eigenvalue weighted by molar-refractivity contribution is -0.161. The first kappa shape index (κ1) is 61.1. The van der Waals surface area contributed by atoms with E-state index in [2.05, 4.69) is 50.3 Å². The quantitative estimate of drug-likeness (QED) is 0.0374. The first-order chi connectivity index (χ1) is 31.1. The average Bonchev–Trinajstić information content (AvgIpc) is 3.29. The highest BCUT2D eigenvalue weighted by atomic mass is 16.6. The second-order valence-electron chi connectivity index (χ2n) is 19.0. The minimum Gasteiger partial charge on any atom is -0.462 e. The molecule has 0 aromatic carbocycles. The Morgan fingerprint density at radius 2 is 0.635 bits per heavy atom. The summed E-state index contributed by atoms with van der Waals surface area (Å²) in [5, 5.41) is 9.65. The van der Waals surface area contributed by atoms with Crippen molar-refractivity contribution < 1.29 is 24.2 Å². The van der Waals surface area contributed by atoms with Gasteiger partial charge >= 0.3 is 11.9 Å². The molecule has 63 heavy (non-hydrogen) atoms. The van der Waals surface area contributed by atoms with E-state index in [1.165, 1.54) is 231 Å². The maximum Gasteiger partial charge on any atom is 0.306 e. The second kappa shape index (κ2) is 54.5. The van der Waals surface area contributed by atoms with Crippen LogP contribution in [-0.4, -0.2) is 36.4 Å². The number of ether oxygens (including phenoxy) is 2. The summed E-state index contributed by atoms with van der Waals surface area (Å²) in [5.74, 6) is -0.576. The van der Waals surface area contributed by atoms with Crippen molar-refractivity contribution in [1.82, 2.24) is 0 Å². The molecule has 0 aliphatic carbocycles. The number of aliphatic hydroxyl groups excluding tert-OH is 1. The molecule has 0 spiro atoms. The maximum absolute atomic E-state index is 12.3. The minimum atomic E-state index is -0.771. The number of carbonyl (C=O) groups excluding carboxylic acids is 2. The summed E-state index contributed by atoms with van der Waals surface area (Å²) in [6.45, 7) is 4.17. The van der Waals surface area contributed by atoms with E-state index in [9.17, 15) is 14.7 Å². The Morgan fingerprint density at radius 1 is 0.365 bits per heavy atom. The predicted molar refractivity (Wildman–Crippen MR) is 274 cm³/mol. The Morgan fingerprint density at radius 3 is 0.952 bits per heavy atom. The molecule has 0 aliphatic rings. The molecule has 0 aromatic rings. The van der Waals surface area contributed by atoms with Gasteiger partial charge in [0.25, 0.3) is 0 Å². The lowest BCUT2D eigenvalue weighted by Gasteiger charge is -2.15. The van der Waals surface area contributed by atoms with E-state index >= 15 is 0 Å². The highest BCUT2D eigenvalue weighted by molar-refractivity contribution is 5.70. The predicted octanol–water partition coefficient (Wildman–Crippen LogP) is 18.7. The van der Waals surface area contributed by atoms with Crippen molar-refractivity contribution in [2.75, 3.05) is 13.2 Å². The molecule has 5 heteroatoms. The summed E-state index contributed by atoms with van der Waals surface area (Å²) in [5.41, 5.74) is 0. The van der Waals surface area contributed by atoms with E-state index < -0.39 is 6.10 Å². The molecule has 0 radical (unpaired) electrons. The number of allylic oxidation sites excluding steroid dienone is 6. The van der Waals surface area contributed by atoms with Crippen LogP contribution in [0.4, 0.5) is 0 Å². The number of aliphatic hydroxyl groups is 1. The van der Waals surface area contributed by atoms with Gasteiger partial charge in [0.15, 0.2) is 6.10 Å². The Labute approximate surface area is 393 Å². The Balaban J connectivity index is 3.46. The molecule has 0 heterocycles. The molecule has 0 fully saturated rings. The monoisotopic (exact) mass is 885 g/mol. The van der Waals surface area contributed by atoms with Crippen molar-refractivity contribution in [3.8, 4) is 0 Å². The zero-order valence-electron chi connectivity index (χ0n) is 42.4. The standard InChI is InChI=1S/C58H108O5/c1-3-5-7-9-11-13-15-17-19-21-23-25-27-28-29-30-31-33-35-37-39-41-43-45-47-49-51-53-58(61)63-56(54-59)55-62-57(60)52-50-48-46-44-42-40-38-36-34-32-26-24-22-20-18-16-14-12-10-8-6-4-2/h15,17,21,23,27-28,56,59H,3-14,16,18-20,22,24-26,29-55H2,1-2H3/b17-15-,23-21-,28-27-. The van der Waals surface area contributed by atoms with E-state index in [0.29, 0.717) is 12.8 Å². The normalized spacial score (nSPS) is 12.4. The lowest BCUT2D eigenvalue weighted by atomic mass is 10.0. The van der Waals surface area contributed by atoms with Crippen LogP contribution in [0, 0.1) is 0 Å². The smallest absolute Gasteiger partial charge is 0.306 e. The fourth-order valence-corrected chi connectivity index (χ4v) is 8.45. The molecular weight excluding hydrogens is 777 g/mol. The molecule has 0 aromatic heterocycles. The topological polar surface area (TPSA) is 72.8 Å². The molecule has 0 rings (SSSR count). The van der Waals surface area contributed by atoms with Gasteiger partial charge < -0.3 is 14.6 Å². The van der Waals surface area contributed by atoms with Crippen LogP contribution in [-0.2, 0) is 19.1 Å². The third kappa shape index (κ3) is 52.6. The largest absolute Gasteiger partial charge is 0.462 e. The summed E-state index contributed by atoms with van der Waals surface area (Å²) >= 11 is 0. The van der Waals surface area contributed by atoms with Crippen LogP contribution >= 0.6 is 0 Å². The van der Waals surface area contributed by atoms with Crippen molar-refractivity contribution in [2.45, 2.75) is 309 Å². The fraction of sp³-hybridized carbons (Fsp3) is 0.862. The Bertz CT molecular complexity index is 1000. The van der Waals surface area contributed by atoms with Gasteiger partial charge in [0.05, 0.1) is 6.61 Å². The van der Waals surface area contributed by atoms with E-state index in [4.69, 9.17) is 9.47 Å². The van der Waals surface area contributed by atoms with Gasteiger partial charge in [0, 0.05) is 12.8 Å². The van der Waals surface area contributed by atoms with Crippen molar-refractivity contribution in [1.29, 1.82) is 0 Å². The molecule has 0 saturated carbocycles. The first-order valence-electron chi connectivity index (χ1n) is 28.0. The number of carbonyl (C=O) groups is 2. The minimum absolute atomic E-state index is 0.0618. The van der Waals surface area contributed by atoms with Crippen molar-refractivity contribution in [3.63, 3.8) is 0 Å².